The smallest absolute Gasteiger partial charge is 0.342 e. The Balaban J connectivity index is 1.24. The number of hydrogen-bond donors (Lipinski definition) is 5. The van der Waals surface area contributed by atoms with E-state index in [4.69, 9.17) is 40.0 Å². The zero-order valence-electron chi connectivity index (χ0n) is 34.1. The van der Waals surface area contributed by atoms with Gasteiger partial charge in [0.25, 0.3) is 0 Å². The maximum absolute atomic E-state index is 13.9. The van der Waals surface area contributed by atoms with Gasteiger partial charge in [0.15, 0.2) is 6.10 Å². The van der Waals surface area contributed by atoms with Crippen molar-refractivity contribution in [3.63, 3.8) is 0 Å². The van der Waals surface area contributed by atoms with Gasteiger partial charge >= 0.3 is 17.9 Å². The standard InChI is InChI=1S/C46H55ClO13/c1-26-14-8-5-4-6-9-15-27(2)39(50)56-36-29(22-47)20-33-43(36,53)23-41(24-48)37(57-41)34-38-45(54,42(52,21-26)25-55-40(51)31-18-12-13-19-32(31)49)35-28(3)44(33,34)60-46(58-35,59-38)30-16-10-7-11-17-30/h7,10-13,16-20,22,26-28,34-38,48-49,52-54H,4-6,8-9,14-15,21,23-25H2,1-3H3/b29-22+/t26?,27?,28-,34+,35+,36+,37+,38-,41+,42?,43-,44+,45+,46?/m1/s1. The van der Waals surface area contributed by atoms with Crippen LogP contribution < -0.4 is 0 Å². The first-order valence-corrected chi connectivity index (χ1v) is 21.8. The molecule has 1 spiro atoms. The van der Waals surface area contributed by atoms with Gasteiger partial charge in [-0.25, -0.2) is 4.79 Å². The Kier molecular flexibility index (Phi) is 10.4. The fourth-order valence-electron chi connectivity index (χ4n) is 11.8. The molecule has 0 radical (unpaired) electrons. The quantitative estimate of drug-likeness (QED) is 0.193. The number of esters is 2. The number of aromatic hydroxyl groups is 1. The molecule has 324 valence electrons. The summed E-state index contributed by atoms with van der Waals surface area (Å²) in [6.45, 7) is 4.33. The van der Waals surface area contributed by atoms with Crippen LogP contribution in [-0.4, -0.2) is 103 Å². The summed E-state index contributed by atoms with van der Waals surface area (Å²) >= 11 is 6.53. The fraction of sp³-hybridized carbons (Fsp3) is 0.609. The van der Waals surface area contributed by atoms with Crippen LogP contribution in [0.4, 0.5) is 0 Å². The monoisotopic (exact) mass is 850 g/mol. The molecule has 5 heterocycles. The Labute approximate surface area is 354 Å². The average molecular weight is 851 g/mol. The van der Waals surface area contributed by atoms with Crippen molar-refractivity contribution in [3.8, 4) is 5.75 Å². The van der Waals surface area contributed by atoms with Gasteiger partial charge in [-0.15, -0.1) is 0 Å². The van der Waals surface area contributed by atoms with E-state index in [9.17, 15) is 35.1 Å². The zero-order chi connectivity index (χ0) is 42.5. The van der Waals surface area contributed by atoms with E-state index in [0.29, 0.717) is 29.6 Å². The molecule has 9 bridgehead atoms. The van der Waals surface area contributed by atoms with Crippen molar-refractivity contribution >= 4 is 23.5 Å². The number of carbonyl (C=O) groups excluding carboxylic acids is 2. The molecule has 3 aliphatic carbocycles. The van der Waals surface area contributed by atoms with E-state index in [1.807, 2.05) is 19.9 Å². The molecule has 2 aromatic carbocycles. The van der Waals surface area contributed by atoms with Crippen LogP contribution in [0.3, 0.4) is 0 Å². The number of phenolic OH excluding ortho intramolecular Hbond substituents is 1. The SMILES string of the molecule is CC1CCCCCCCC(C)C(=O)O[C@H]2/C(=C/Cl)C=C3[C@]45OC6(c7ccccc7)O[C@H]([C@@H]4[C@@H]4O[C@]4(CO)C[C@@]32O)[C@@](O)([C@@H](O6)[C@H]5C)C(O)(COC(=O)c2ccccc2O)C1. The molecule has 0 aromatic heterocycles. The zero-order valence-corrected chi connectivity index (χ0v) is 34.9. The summed E-state index contributed by atoms with van der Waals surface area (Å²) < 4.78 is 39.7. The molecule has 5 saturated heterocycles. The van der Waals surface area contributed by atoms with Gasteiger partial charge < -0.3 is 54.0 Å². The second-order valence-corrected chi connectivity index (χ2v) is 18.8. The highest BCUT2D eigenvalue weighted by molar-refractivity contribution is 6.26. The topological polar surface area (TPSA) is 194 Å². The van der Waals surface area contributed by atoms with E-state index >= 15 is 0 Å². The third-order valence-corrected chi connectivity index (χ3v) is 15.1. The predicted molar refractivity (Wildman–Crippen MR) is 214 cm³/mol. The number of halogens is 1. The molecule has 8 aliphatic rings. The van der Waals surface area contributed by atoms with Crippen LogP contribution in [0.2, 0.25) is 0 Å². The van der Waals surface area contributed by atoms with Crippen molar-refractivity contribution in [2.24, 2.45) is 23.7 Å². The van der Waals surface area contributed by atoms with Crippen LogP contribution in [0, 0.1) is 23.7 Å². The minimum Gasteiger partial charge on any atom is -0.507 e. The number of carbonyl (C=O) groups is 2. The van der Waals surface area contributed by atoms with Crippen molar-refractivity contribution in [2.75, 3.05) is 13.2 Å². The molecule has 5 N–H and O–H groups in total. The Hall–Kier alpha value is -3.37. The van der Waals surface area contributed by atoms with Crippen molar-refractivity contribution in [1.82, 2.24) is 0 Å². The van der Waals surface area contributed by atoms with Gasteiger partial charge in [0.05, 0.1) is 24.5 Å². The van der Waals surface area contributed by atoms with E-state index in [-0.39, 0.29) is 30.1 Å². The van der Waals surface area contributed by atoms with Gasteiger partial charge in [-0.1, -0.05) is 113 Å². The first-order valence-electron chi connectivity index (χ1n) is 21.4. The molecule has 60 heavy (non-hydrogen) atoms. The second-order valence-electron chi connectivity index (χ2n) is 18.6. The molecule has 10 rings (SSSR count). The minimum atomic E-state index is -2.35. The molecule has 4 unspecified atom stereocenters. The Bertz CT molecular complexity index is 2080. The molecule has 14 atom stereocenters. The van der Waals surface area contributed by atoms with Crippen molar-refractivity contribution < 1.29 is 63.5 Å². The van der Waals surface area contributed by atoms with Crippen LogP contribution in [0.1, 0.15) is 94.5 Å². The van der Waals surface area contributed by atoms with E-state index in [2.05, 4.69) is 0 Å². The lowest BCUT2D eigenvalue weighted by Crippen LogP contribution is -2.89. The summed E-state index contributed by atoms with van der Waals surface area (Å²) in [4.78, 5) is 27.5. The maximum atomic E-state index is 13.9. The van der Waals surface area contributed by atoms with E-state index in [1.165, 1.54) is 17.7 Å². The highest BCUT2D eigenvalue weighted by Gasteiger charge is 2.88. The van der Waals surface area contributed by atoms with Crippen molar-refractivity contribution in [3.05, 3.63) is 88.5 Å². The summed E-state index contributed by atoms with van der Waals surface area (Å²) in [7, 11) is 0. The maximum Gasteiger partial charge on any atom is 0.342 e. The highest BCUT2D eigenvalue weighted by atomic mass is 35.5. The Morgan fingerprint density at radius 1 is 0.900 bits per heavy atom. The average Bonchev–Trinajstić information content (AvgIpc) is 3.88. The van der Waals surface area contributed by atoms with Crippen LogP contribution >= 0.6 is 11.6 Å². The molecule has 0 amide bonds. The lowest BCUT2D eigenvalue weighted by atomic mass is 9.50. The molecular formula is C46H55ClO13. The number of fused-ring (bicyclic) bond motifs is 1. The van der Waals surface area contributed by atoms with E-state index in [0.717, 1.165) is 32.1 Å². The number of rotatable bonds is 5. The number of benzene rings is 2. The number of para-hydroxylation sites is 1. The number of phenols is 1. The van der Waals surface area contributed by atoms with Gasteiger partial charge in [0, 0.05) is 29.0 Å². The first kappa shape index (κ1) is 42.0. The third kappa shape index (κ3) is 6.01. The summed E-state index contributed by atoms with van der Waals surface area (Å²) in [5, 5.41) is 62.3. The molecule has 5 aliphatic heterocycles. The third-order valence-electron chi connectivity index (χ3n) is 14.8. The van der Waals surface area contributed by atoms with Crippen LogP contribution in [0.15, 0.2) is 77.4 Å². The number of hydrogen-bond acceptors (Lipinski definition) is 13. The summed E-state index contributed by atoms with van der Waals surface area (Å²) in [5.74, 6) is -6.33. The van der Waals surface area contributed by atoms with Crippen LogP contribution in [-0.2, 0) is 39.2 Å². The van der Waals surface area contributed by atoms with Crippen LogP contribution in [0.25, 0.3) is 0 Å². The van der Waals surface area contributed by atoms with Gasteiger partial charge in [0.1, 0.15) is 58.1 Å². The summed E-state index contributed by atoms with van der Waals surface area (Å²) in [5.41, 5.74) is -7.46. The fourth-order valence-corrected chi connectivity index (χ4v) is 12.0. The normalized spacial score (nSPS) is 45.4. The van der Waals surface area contributed by atoms with E-state index < -0.39 is 101 Å². The lowest BCUT2D eigenvalue weighted by Gasteiger charge is -2.73. The Morgan fingerprint density at radius 3 is 2.30 bits per heavy atom. The van der Waals surface area contributed by atoms with Crippen molar-refractivity contribution in [1.29, 1.82) is 0 Å². The molecule has 7 fully saturated rings. The summed E-state index contributed by atoms with van der Waals surface area (Å²) in [6, 6.07) is 14.8. The van der Waals surface area contributed by atoms with Gasteiger partial charge in [-0.2, -0.15) is 0 Å². The number of epoxide rings is 1. The predicted octanol–water partition coefficient (Wildman–Crippen LogP) is 5.29. The first-order chi connectivity index (χ1) is 28.6. The molecule has 2 saturated carbocycles. The second kappa shape index (κ2) is 14.9. The van der Waals surface area contributed by atoms with E-state index in [1.54, 1.807) is 49.4 Å². The molecule has 13 nitrogen and oxygen atoms in total. The summed E-state index contributed by atoms with van der Waals surface area (Å²) in [6.07, 6.45) is 2.09. The van der Waals surface area contributed by atoms with Gasteiger partial charge in [-0.05, 0) is 42.5 Å². The van der Waals surface area contributed by atoms with Gasteiger partial charge in [-0.3, -0.25) is 4.79 Å². The number of ether oxygens (including phenoxy) is 6. The highest BCUT2D eigenvalue weighted by Crippen LogP contribution is 2.74. The number of aliphatic hydroxyl groups is 4. The van der Waals surface area contributed by atoms with Crippen LogP contribution in [0.5, 0.6) is 5.75 Å². The molecule has 2 aromatic rings. The largest absolute Gasteiger partial charge is 0.507 e. The lowest BCUT2D eigenvalue weighted by molar-refractivity contribution is -0.584. The Morgan fingerprint density at radius 2 is 1.58 bits per heavy atom. The van der Waals surface area contributed by atoms with Gasteiger partial charge in [0.2, 0.25) is 0 Å². The number of aliphatic hydroxyl groups excluding tert-OH is 1. The van der Waals surface area contributed by atoms with Crippen molar-refractivity contribution in [2.45, 2.75) is 137 Å². The molecule has 14 heteroatoms. The minimum absolute atomic E-state index is 0.0408. The molecular weight excluding hydrogens is 796 g/mol.